The Morgan fingerprint density at radius 2 is 2.20 bits per heavy atom. The quantitative estimate of drug-likeness (QED) is 0.911. The van der Waals surface area contributed by atoms with Crippen LogP contribution in [0.25, 0.3) is 0 Å². The van der Waals surface area contributed by atoms with Crippen LogP contribution in [0, 0.1) is 0 Å². The van der Waals surface area contributed by atoms with Crippen LogP contribution in [0.1, 0.15) is 30.4 Å². The predicted octanol–water partition coefficient (Wildman–Crippen LogP) is 2.25. The third-order valence-corrected chi connectivity index (χ3v) is 4.87. The zero-order chi connectivity index (χ0) is 13.9. The van der Waals surface area contributed by atoms with Crippen molar-refractivity contribution in [3.05, 3.63) is 29.3 Å². The van der Waals surface area contributed by atoms with E-state index >= 15 is 0 Å². The summed E-state index contributed by atoms with van der Waals surface area (Å²) in [5, 5.41) is 3.50. The third-order valence-electron chi connectivity index (χ3n) is 4.87. The Morgan fingerprint density at radius 3 is 3.10 bits per heavy atom. The van der Waals surface area contributed by atoms with Crippen molar-refractivity contribution in [1.29, 1.82) is 0 Å². The molecule has 0 bridgehead atoms. The van der Waals surface area contributed by atoms with E-state index in [0.29, 0.717) is 0 Å². The highest BCUT2D eigenvalue weighted by Crippen LogP contribution is 2.28. The molecule has 1 atom stereocenters. The third kappa shape index (κ3) is 2.99. The molecule has 0 aliphatic carbocycles. The van der Waals surface area contributed by atoms with Crippen LogP contribution in [-0.2, 0) is 13.0 Å². The van der Waals surface area contributed by atoms with Gasteiger partial charge in [-0.3, -0.25) is 4.90 Å². The molecule has 0 saturated carbocycles. The first kappa shape index (κ1) is 13.9. The lowest BCUT2D eigenvalue weighted by atomic mass is 10.0. The van der Waals surface area contributed by atoms with Gasteiger partial charge in [-0.2, -0.15) is 0 Å². The summed E-state index contributed by atoms with van der Waals surface area (Å²) in [5.74, 6) is 0. The van der Waals surface area contributed by atoms with E-state index in [0.717, 1.165) is 12.6 Å². The van der Waals surface area contributed by atoms with Crippen LogP contribution >= 0.6 is 0 Å². The highest BCUT2D eigenvalue weighted by Gasteiger charge is 2.19. The van der Waals surface area contributed by atoms with Crippen LogP contribution in [0.3, 0.4) is 0 Å². The standard InChI is InChI=1S/C17H27N3/c1-19-11-8-15-12-14(5-6-17(15)19)13-20(2)16-4-3-9-18-10-7-16/h5-6,12,16,18H,3-4,7-11,13H2,1-2H3. The number of anilines is 1. The minimum Gasteiger partial charge on any atom is -0.374 e. The molecule has 2 aliphatic heterocycles. The van der Waals surface area contributed by atoms with Gasteiger partial charge >= 0.3 is 0 Å². The fourth-order valence-electron chi connectivity index (χ4n) is 3.58. The summed E-state index contributed by atoms with van der Waals surface area (Å²) in [6, 6.07) is 7.78. The van der Waals surface area contributed by atoms with Crippen molar-refractivity contribution in [2.45, 2.75) is 38.3 Å². The lowest BCUT2D eigenvalue weighted by Crippen LogP contribution is -2.32. The number of hydrogen-bond acceptors (Lipinski definition) is 3. The summed E-state index contributed by atoms with van der Waals surface area (Å²) >= 11 is 0. The van der Waals surface area contributed by atoms with Crippen molar-refractivity contribution in [3.8, 4) is 0 Å². The van der Waals surface area contributed by atoms with E-state index in [9.17, 15) is 0 Å². The van der Waals surface area contributed by atoms with Crippen molar-refractivity contribution in [2.24, 2.45) is 0 Å². The molecule has 0 radical (unpaired) electrons. The molecule has 2 heterocycles. The van der Waals surface area contributed by atoms with Crippen LogP contribution in [0.15, 0.2) is 18.2 Å². The minimum atomic E-state index is 0.737. The average Bonchev–Trinajstić information content (AvgIpc) is 2.68. The lowest BCUT2D eigenvalue weighted by Gasteiger charge is -2.27. The molecule has 1 aromatic carbocycles. The fraction of sp³-hybridized carbons (Fsp3) is 0.647. The molecule has 3 rings (SSSR count). The first-order valence-corrected chi connectivity index (χ1v) is 7.98. The summed E-state index contributed by atoms with van der Waals surface area (Å²) in [5.41, 5.74) is 4.43. The molecule has 20 heavy (non-hydrogen) atoms. The zero-order valence-corrected chi connectivity index (χ0v) is 12.9. The number of hydrogen-bond donors (Lipinski definition) is 1. The van der Waals surface area contributed by atoms with Gasteiger partial charge in [0, 0.05) is 31.9 Å². The van der Waals surface area contributed by atoms with Gasteiger partial charge in [-0.15, -0.1) is 0 Å². The predicted molar refractivity (Wildman–Crippen MR) is 85.4 cm³/mol. The Labute approximate surface area is 123 Å². The second-order valence-electron chi connectivity index (χ2n) is 6.38. The molecular formula is C17H27N3. The highest BCUT2D eigenvalue weighted by atomic mass is 15.1. The molecule has 0 aromatic heterocycles. The summed E-state index contributed by atoms with van der Waals surface area (Å²) in [7, 11) is 4.48. The van der Waals surface area contributed by atoms with Gasteiger partial charge in [0.25, 0.3) is 0 Å². The zero-order valence-electron chi connectivity index (χ0n) is 12.9. The minimum absolute atomic E-state index is 0.737. The molecule has 3 nitrogen and oxygen atoms in total. The fourth-order valence-corrected chi connectivity index (χ4v) is 3.58. The van der Waals surface area contributed by atoms with Gasteiger partial charge in [-0.25, -0.2) is 0 Å². The topological polar surface area (TPSA) is 18.5 Å². The van der Waals surface area contributed by atoms with Crippen LogP contribution in [0.2, 0.25) is 0 Å². The van der Waals surface area contributed by atoms with E-state index in [2.05, 4.69) is 47.4 Å². The van der Waals surface area contributed by atoms with Crippen LogP contribution in [0.4, 0.5) is 5.69 Å². The molecule has 1 unspecified atom stereocenters. The van der Waals surface area contributed by atoms with Gasteiger partial charge in [0.2, 0.25) is 0 Å². The van der Waals surface area contributed by atoms with Gasteiger partial charge in [-0.1, -0.05) is 12.1 Å². The molecule has 1 saturated heterocycles. The molecule has 110 valence electrons. The van der Waals surface area contributed by atoms with Gasteiger partial charge in [0.15, 0.2) is 0 Å². The summed E-state index contributed by atoms with van der Waals surface area (Å²) in [4.78, 5) is 4.91. The van der Waals surface area contributed by atoms with Crippen molar-refractivity contribution >= 4 is 5.69 Å². The number of rotatable bonds is 3. The lowest BCUT2D eigenvalue weighted by molar-refractivity contribution is 0.216. The Morgan fingerprint density at radius 1 is 1.30 bits per heavy atom. The van der Waals surface area contributed by atoms with Crippen molar-refractivity contribution in [2.75, 3.05) is 38.6 Å². The Hall–Kier alpha value is -1.06. The van der Waals surface area contributed by atoms with E-state index in [1.807, 2.05) is 0 Å². The van der Waals surface area contributed by atoms with E-state index in [1.54, 1.807) is 0 Å². The summed E-state index contributed by atoms with van der Waals surface area (Å²) in [6.45, 7) is 4.62. The Balaban J connectivity index is 1.65. The van der Waals surface area contributed by atoms with E-state index in [-0.39, 0.29) is 0 Å². The van der Waals surface area contributed by atoms with Gasteiger partial charge in [0.1, 0.15) is 0 Å². The molecule has 1 fully saturated rings. The first-order chi connectivity index (χ1) is 9.74. The molecule has 0 spiro atoms. The average molecular weight is 273 g/mol. The second kappa shape index (κ2) is 6.15. The maximum atomic E-state index is 3.50. The second-order valence-corrected chi connectivity index (χ2v) is 6.38. The van der Waals surface area contributed by atoms with Gasteiger partial charge in [-0.05, 0) is 63.0 Å². The van der Waals surface area contributed by atoms with Crippen molar-refractivity contribution < 1.29 is 0 Å². The Kier molecular flexibility index (Phi) is 4.27. The van der Waals surface area contributed by atoms with E-state index in [4.69, 9.17) is 0 Å². The molecule has 3 heteroatoms. The summed E-state index contributed by atoms with van der Waals surface area (Å²) in [6.07, 6.45) is 5.13. The van der Waals surface area contributed by atoms with E-state index in [1.165, 1.54) is 62.1 Å². The van der Waals surface area contributed by atoms with Crippen LogP contribution < -0.4 is 10.2 Å². The molecule has 2 aliphatic rings. The molecule has 0 amide bonds. The van der Waals surface area contributed by atoms with Gasteiger partial charge in [0.05, 0.1) is 0 Å². The number of benzene rings is 1. The van der Waals surface area contributed by atoms with Crippen molar-refractivity contribution in [3.63, 3.8) is 0 Å². The number of nitrogens with one attached hydrogen (secondary N) is 1. The highest BCUT2D eigenvalue weighted by molar-refractivity contribution is 5.58. The largest absolute Gasteiger partial charge is 0.374 e. The number of fused-ring (bicyclic) bond motifs is 1. The Bertz CT molecular complexity index is 450. The first-order valence-electron chi connectivity index (χ1n) is 7.98. The SMILES string of the molecule is CN1CCc2cc(CN(C)C3CCCNCC3)ccc21. The van der Waals surface area contributed by atoms with Crippen molar-refractivity contribution in [1.82, 2.24) is 10.2 Å². The maximum Gasteiger partial charge on any atom is 0.0397 e. The van der Waals surface area contributed by atoms with Crippen LogP contribution in [-0.4, -0.2) is 44.7 Å². The molecular weight excluding hydrogens is 246 g/mol. The number of nitrogens with zero attached hydrogens (tertiary/aromatic N) is 2. The maximum absolute atomic E-state index is 3.50. The number of likely N-dealkylation sites (N-methyl/N-ethyl adjacent to an activating group) is 1. The molecule has 1 aromatic rings. The van der Waals surface area contributed by atoms with E-state index < -0.39 is 0 Å². The smallest absolute Gasteiger partial charge is 0.0397 e. The normalized spacial score (nSPS) is 22.9. The van der Waals surface area contributed by atoms with Gasteiger partial charge < -0.3 is 10.2 Å². The molecule has 1 N–H and O–H groups in total. The summed E-state index contributed by atoms with van der Waals surface area (Å²) < 4.78 is 0. The van der Waals surface area contributed by atoms with Crippen LogP contribution in [0.5, 0.6) is 0 Å². The monoisotopic (exact) mass is 273 g/mol.